The second-order valence-corrected chi connectivity index (χ2v) is 4.59. The Kier molecular flexibility index (Phi) is 7.90. The molecule has 16 heavy (non-hydrogen) atoms. The van der Waals surface area contributed by atoms with Crippen LogP contribution >= 0.6 is 0 Å². The average Bonchev–Trinajstić information content (AvgIpc) is 2.22. The molecule has 1 atom stereocenters. The second-order valence-electron chi connectivity index (χ2n) is 4.59. The van der Waals surface area contributed by atoms with Crippen LogP contribution in [0.5, 0.6) is 0 Å². The molecule has 0 saturated heterocycles. The highest BCUT2D eigenvalue weighted by atomic mass is 16.2. The van der Waals surface area contributed by atoms with Crippen molar-refractivity contribution in [1.29, 1.82) is 0 Å². The average molecular weight is 226 g/mol. The summed E-state index contributed by atoms with van der Waals surface area (Å²) in [5.74, 6) is 0.770. The van der Waals surface area contributed by atoms with E-state index < -0.39 is 0 Å². The Balaban J connectivity index is 3.97. The molecule has 0 radical (unpaired) electrons. The quantitative estimate of drug-likeness (QED) is 0.645. The number of carbonyl (C=O) groups is 1. The summed E-state index contributed by atoms with van der Waals surface area (Å²) in [5.41, 5.74) is 6.51. The number of nitrogens with zero attached hydrogens (tertiary/aromatic N) is 1. The minimum atomic E-state index is 0.231. The molecule has 94 valence electrons. The standard InChI is InChI=1S/C13H26N2O/c1-5-15(10-11(2)3)13(16)7-6-12(4)8-9-14/h12H,2,5-10,14H2,1,3-4H3. The fourth-order valence-corrected chi connectivity index (χ4v) is 1.66. The number of carbonyl (C=O) groups excluding carboxylic acids is 1. The number of amides is 1. The van der Waals surface area contributed by atoms with E-state index in [0.717, 1.165) is 25.0 Å². The van der Waals surface area contributed by atoms with Crippen LogP contribution in [0.2, 0.25) is 0 Å². The zero-order valence-electron chi connectivity index (χ0n) is 11.0. The summed E-state index contributed by atoms with van der Waals surface area (Å²) in [6, 6.07) is 0. The van der Waals surface area contributed by atoms with E-state index in [-0.39, 0.29) is 5.91 Å². The third kappa shape index (κ3) is 6.62. The molecule has 0 aromatic carbocycles. The first-order valence-corrected chi connectivity index (χ1v) is 6.13. The fraction of sp³-hybridized carbons (Fsp3) is 0.769. The number of rotatable bonds is 8. The van der Waals surface area contributed by atoms with Gasteiger partial charge in [0.2, 0.25) is 5.91 Å². The molecule has 2 N–H and O–H groups in total. The Hall–Kier alpha value is -0.830. The predicted octanol–water partition coefficient (Wildman–Crippen LogP) is 2.18. The van der Waals surface area contributed by atoms with Gasteiger partial charge >= 0.3 is 0 Å². The third-order valence-corrected chi connectivity index (χ3v) is 2.71. The smallest absolute Gasteiger partial charge is 0.222 e. The molecule has 0 aliphatic carbocycles. The highest BCUT2D eigenvalue weighted by Gasteiger charge is 2.12. The normalized spacial score (nSPS) is 12.2. The van der Waals surface area contributed by atoms with E-state index in [4.69, 9.17) is 5.73 Å². The lowest BCUT2D eigenvalue weighted by atomic mass is 10.0. The molecule has 1 unspecified atom stereocenters. The van der Waals surface area contributed by atoms with Crippen LogP contribution in [-0.4, -0.2) is 30.4 Å². The Morgan fingerprint density at radius 3 is 2.50 bits per heavy atom. The molecule has 0 aromatic rings. The van der Waals surface area contributed by atoms with E-state index in [9.17, 15) is 4.79 Å². The molecule has 0 aliphatic rings. The van der Waals surface area contributed by atoms with Crippen LogP contribution in [0.4, 0.5) is 0 Å². The molecule has 0 aliphatic heterocycles. The number of likely N-dealkylation sites (N-methyl/N-ethyl adjacent to an activating group) is 1. The summed E-state index contributed by atoms with van der Waals surface area (Å²) in [6.07, 6.45) is 2.56. The fourth-order valence-electron chi connectivity index (χ4n) is 1.66. The van der Waals surface area contributed by atoms with E-state index in [1.54, 1.807) is 0 Å². The summed E-state index contributed by atoms with van der Waals surface area (Å²) in [5, 5.41) is 0. The maximum Gasteiger partial charge on any atom is 0.222 e. The van der Waals surface area contributed by atoms with Crippen LogP contribution in [0.3, 0.4) is 0 Å². The molecule has 3 heteroatoms. The van der Waals surface area contributed by atoms with Crippen molar-refractivity contribution in [3.05, 3.63) is 12.2 Å². The zero-order valence-corrected chi connectivity index (χ0v) is 11.0. The van der Waals surface area contributed by atoms with Crippen molar-refractivity contribution in [2.24, 2.45) is 11.7 Å². The number of hydrogen-bond acceptors (Lipinski definition) is 2. The Morgan fingerprint density at radius 1 is 1.44 bits per heavy atom. The van der Waals surface area contributed by atoms with Crippen LogP contribution in [-0.2, 0) is 4.79 Å². The van der Waals surface area contributed by atoms with Gasteiger partial charge in [0, 0.05) is 19.5 Å². The Labute approximate surface area is 99.7 Å². The van der Waals surface area contributed by atoms with Crippen LogP contribution in [0.25, 0.3) is 0 Å². The van der Waals surface area contributed by atoms with Crippen molar-refractivity contribution < 1.29 is 4.79 Å². The van der Waals surface area contributed by atoms with Gasteiger partial charge in [0.25, 0.3) is 0 Å². The molecular weight excluding hydrogens is 200 g/mol. The largest absolute Gasteiger partial charge is 0.339 e. The van der Waals surface area contributed by atoms with Crippen molar-refractivity contribution in [2.75, 3.05) is 19.6 Å². The van der Waals surface area contributed by atoms with Crippen LogP contribution in [0.1, 0.15) is 40.0 Å². The zero-order chi connectivity index (χ0) is 12.6. The van der Waals surface area contributed by atoms with Gasteiger partial charge in [0.05, 0.1) is 0 Å². The van der Waals surface area contributed by atoms with Gasteiger partial charge in [-0.3, -0.25) is 4.79 Å². The van der Waals surface area contributed by atoms with Crippen LogP contribution < -0.4 is 5.73 Å². The lowest BCUT2D eigenvalue weighted by Gasteiger charge is -2.21. The highest BCUT2D eigenvalue weighted by Crippen LogP contribution is 2.11. The summed E-state index contributed by atoms with van der Waals surface area (Å²) in [4.78, 5) is 13.7. The van der Waals surface area contributed by atoms with E-state index in [1.165, 1.54) is 0 Å². The first-order chi connectivity index (χ1) is 7.51. The second kappa shape index (κ2) is 8.34. The monoisotopic (exact) mass is 226 g/mol. The molecule has 0 aromatic heterocycles. The molecule has 0 heterocycles. The molecule has 3 nitrogen and oxygen atoms in total. The predicted molar refractivity (Wildman–Crippen MR) is 69.1 cm³/mol. The molecule has 0 rings (SSSR count). The SMILES string of the molecule is C=C(C)CN(CC)C(=O)CCC(C)CCN. The number of hydrogen-bond donors (Lipinski definition) is 1. The Bertz CT molecular complexity index is 226. The van der Waals surface area contributed by atoms with Gasteiger partial charge in [-0.25, -0.2) is 0 Å². The van der Waals surface area contributed by atoms with E-state index in [1.807, 2.05) is 18.7 Å². The number of nitrogens with two attached hydrogens (primary N) is 1. The molecule has 0 fully saturated rings. The third-order valence-electron chi connectivity index (χ3n) is 2.71. The summed E-state index contributed by atoms with van der Waals surface area (Å²) in [6.45, 7) is 12.1. The topological polar surface area (TPSA) is 46.3 Å². The van der Waals surface area contributed by atoms with Gasteiger partial charge in [-0.1, -0.05) is 19.1 Å². The highest BCUT2D eigenvalue weighted by molar-refractivity contribution is 5.76. The summed E-state index contributed by atoms with van der Waals surface area (Å²) in [7, 11) is 0. The van der Waals surface area contributed by atoms with Crippen LogP contribution in [0.15, 0.2) is 12.2 Å². The molecular formula is C13H26N2O. The van der Waals surface area contributed by atoms with Gasteiger partial charge in [-0.05, 0) is 39.2 Å². The summed E-state index contributed by atoms with van der Waals surface area (Å²) >= 11 is 0. The van der Waals surface area contributed by atoms with Gasteiger partial charge in [-0.2, -0.15) is 0 Å². The minimum Gasteiger partial charge on any atom is -0.339 e. The lowest BCUT2D eigenvalue weighted by Crippen LogP contribution is -2.32. The van der Waals surface area contributed by atoms with Crippen molar-refractivity contribution >= 4 is 5.91 Å². The van der Waals surface area contributed by atoms with Crippen molar-refractivity contribution in [3.63, 3.8) is 0 Å². The first kappa shape index (κ1) is 15.2. The van der Waals surface area contributed by atoms with Crippen molar-refractivity contribution in [2.45, 2.75) is 40.0 Å². The van der Waals surface area contributed by atoms with E-state index in [0.29, 0.717) is 25.4 Å². The molecule has 0 spiro atoms. The maximum atomic E-state index is 11.9. The van der Waals surface area contributed by atoms with E-state index in [2.05, 4.69) is 13.5 Å². The van der Waals surface area contributed by atoms with Gasteiger partial charge < -0.3 is 10.6 Å². The minimum absolute atomic E-state index is 0.231. The van der Waals surface area contributed by atoms with Crippen molar-refractivity contribution in [1.82, 2.24) is 4.90 Å². The summed E-state index contributed by atoms with van der Waals surface area (Å²) < 4.78 is 0. The van der Waals surface area contributed by atoms with Gasteiger partial charge in [0.15, 0.2) is 0 Å². The molecule has 1 amide bonds. The van der Waals surface area contributed by atoms with Gasteiger partial charge in [-0.15, -0.1) is 0 Å². The van der Waals surface area contributed by atoms with Crippen LogP contribution in [0, 0.1) is 5.92 Å². The maximum absolute atomic E-state index is 11.9. The lowest BCUT2D eigenvalue weighted by molar-refractivity contribution is -0.130. The molecule has 0 saturated carbocycles. The first-order valence-electron chi connectivity index (χ1n) is 6.13. The Morgan fingerprint density at radius 2 is 2.06 bits per heavy atom. The van der Waals surface area contributed by atoms with E-state index >= 15 is 0 Å². The van der Waals surface area contributed by atoms with Gasteiger partial charge in [0.1, 0.15) is 0 Å². The van der Waals surface area contributed by atoms with Crippen molar-refractivity contribution in [3.8, 4) is 0 Å². The molecule has 0 bridgehead atoms.